The molecule has 0 aromatic carbocycles. The topological polar surface area (TPSA) is 227 Å². The number of esters is 1. The second kappa shape index (κ2) is 10.2. The van der Waals surface area contributed by atoms with E-state index in [0.29, 0.717) is 16.9 Å². The molecular weight excluding hydrogens is 588 g/mol. The first-order chi connectivity index (χ1) is 20.7. The van der Waals surface area contributed by atoms with Crippen molar-refractivity contribution >= 4 is 5.97 Å². The van der Waals surface area contributed by atoms with Crippen molar-refractivity contribution in [1.29, 1.82) is 0 Å². The lowest BCUT2D eigenvalue weighted by atomic mass is 9.48. The molecule has 15 heteroatoms. The Morgan fingerprint density at radius 2 is 1.52 bits per heavy atom. The van der Waals surface area contributed by atoms with Gasteiger partial charge in [0.25, 0.3) is 0 Å². The zero-order chi connectivity index (χ0) is 31.6. The van der Waals surface area contributed by atoms with Crippen LogP contribution in [0.25, 0.3) is 0 Å². The summed E-state index contributed by atoms with van der Waals surface area (Å²) in [5.41, 5.74) is -1.96. The van der Waals surface area contributed by atoms with Gasteiger partial charge >= 0.3 is 11.6 Å². The maximum atomic E-state index is 13.5. The van der Waals surface area contributed by atoms with E-state index in [0.717, 1.165) is 0 Å². The number of ether oxygens (including phenoxy) is 6. The summed E-state index contributed by atoms with van der Waals surface area (Å²) in [6.45, 7) is 6.49. The van der Waals surface area contributed by atoms with Gasteiger partial charge in [-0.3, -0.25) is 4.79 Å². The van der Waals surface area contributed by atoms with Crippen molar-refractivity contribution in [3.63, 3.8) is 0 Å². The average molecular weight is 627 g/mol. The van der Waals surface area contributed by atoms with Crippen molar-refractivity contribution in [2.45, 2.75) is 119 Å². The standard InChI is InChI=1S/C29H38O15/c1-8(2)18-13-9(5-12(31)41-18)28(3)22-20(44-27(37)29(22,4)23(36)21-24(28)42-21)19(13)43-26-17(35)15(33)11(7-39-26)40-25-16(34)14(32)10(30)6-38-25/h5,8,10-11,14-17,19-26,30,32-36H,6-7H2,1-4H3/t10-,11+,14-,15-,16+,17+,19-,20-,21-,22-,23+,24-,25-,26-,28-,29-/m1/s1. The lowest BCUT2D eigenvalue weighted by molar-refractivity contribution is -0.336. The van der Waals surface area contributed by atoms with Gasteiger partial charge in [-0.2, -0.15) is 0 Å². The maximum absolute atomic E-state index is 13.5. The molecule has 16 atom stereocenters. The summed E-state index contributed by atoms with van der Waals surface area (Å²) in [6, 6.07) is 1.35. The van der Waals surface area contributed by atoms with Crippen molar-refractivity contribution in [2.75, 3.05) is 13.2 Å². The van der Waals surface area contributed by atoms with E-state index in [2.05, 4.69) is 0 Å². The predicted molar refractivity (Wildman–Crippen MR) is 141 cm³/mol. The van der Waals surface area contributed by atoms with Crippen LogP contribution in [0.5, 0.6) is 0 Å². The number of aliphatic hydroxyl groups is 6. The lowest BCUT2D eigenvalue weighted by Gasteiger charge is -2.53. The molecule has 15 nitrogen and oxygen atoms in total. The van der Waals surface area contributed by atoms with Crippen LogP contribution in [0.4, 0.5) is 0 Å². The number of aliphatic hydroxyl groups excluding tert-OH is 6. The summed E-state index contributed by atoms with van der Waals surface area (Å²) in [5.74, 6) is -1.37. The minimum absolute atomic E-state index is 0.293. The first kappa shape index (κ1) is 30.6. The van der Waals surface area contributed by atoms with Gasteiger partial charge in [0.15, 0.2) is 12.6 Å². The molecule has 7 rings (SSSR count). The summed E-state index contributed by atoms with van der Waals surface area (Å²) < 4.78 is 40.6. The number of hydrogen-bond donors (Lipinski definition) is 6. The monoisotopic (exact) mass is 626 g/mol. The number of epoxide rings is 1. The first-order valence-electron chi connectivity index (χ1n) is 14.9. The molecule has 0 unspecified atom stereocenters. The Kier molecular flexibility index (Phi) is 7.13. The molecule has 44 heavy (non-hydrogen) atoms. The van der Waals surface area contributed by atoms with Gasteiger partial charge in [-0.15, -0.1) is 0 Å². The fourth-order valence-electron chi connectivity index (χ4n) is 8.20. The summed E-state index contributed by atoms with van der Waals surface area (Å²) in [7, 11) is 0. The van der Waals surface area contributed by atoms with Crippen LogP contribution in [-0.2, 0) is 38.6 Å². The van der Waals surface area contributed by atoms with Gasteiger partial charge in [-0.05, 0) is 12.5 Å². The lowest BCUT2D eigenvalue weighted by Crippen LogP contribution is -2.63. The molecule has 5 heterocycles. The van der Waals surface area contributed by atoms with Gasteiger partial charge in [0.05, 0.1) is 25.4 Å². The molecule has 4 aliphatic heterocycles. The van der Waals surface area contributed by atoms with E-state index in [1.54, 1.807) is 6.92 Å². The van der Waals surface area contributed by atoms with Gasteiger partial charge in [-0.25, -0.2) is 4.79 Å². The van der Waals surface area contributed by atoms with Crippen LogP contribution in [0.2, 0.25) is 0 Å². The molecule has 5 fully saturated rings. The van der Waals surface area contributed by atoms with Gasteiger partial charge in [-0.1, -0.05) is 20.8 Å². The normalized spacial score (nSPS) is 50.9. The summed E-state index contributed by atoms with van der Waals surface area (Å²) >= 11 is 0. The van der Waals surface area contributed by atoms with Gasteiger partial charge in [0.2, 0.25) is 0 Å². The smallest absolute Gasteiger partial charge is 0.336 e. The quantitative estimate of drug-likeness (QED) is 0.149. The Morgan fingerprint density at radius 1 is 0.864 bits per heavy atom. The molecule has 0 amide bonds. The van der Waals surface area contributed by atoms with Gasteiger partial charge in [0.1, 0.15) is 66.1 Å². The van der Waals surface area contributed by atoms with E-state index in [-0.39, 0.29) is 19.1 Å². The highest BCUT2D eigenvalue weighted by atomic mass is 16.7. The second-order valence-corrected chi connectivity index (χ2v) is 13.5. The Hall–Kier alpha value is -2.02. The molecule has 6 aliphatic rings. The van der Waals surface area contributed by atoms with Crippen LogP contribution in [0.3, 0.4) is 0 Å². The third-order valence-electron chi connectivity index (χ3n) is 10.5. The number of carbonyl (C=O) groups is 1. The van der Waals surface area contributed by atoms with E-state index >= 15 is 0 Å². The van der Waals surface area contributed by atoms with Crippen molar-refractivity contribution in [1.82, 2.24) is 0 Å². The largest absolute Gasteiger partial charge is 0.458 e. The van der Waals surface area contributed by atoms with Crippen molar-refractivity contribution in [2.24, 2.45) is 11.3 Å². The minimum atomic E-state index is -1.71. The average Bonchev–Trinajstić information content (AvgIpc) is 3.74. The van der Waals surface area contributed by atoms with Gasteiger partial charge < -0.3 is 63.5 Å². The summed E-state index contributed by atoms with van der Waals surface area (Å²) in [6.07, 6.45) is -16.4. The van der Waals surface area contributed by atoms with Crippen molar-refractivity contribution in [3.05, 3.63) is 33.4 Å². The third kappa shape index (κ3) is 4.08. The van der Waals surface area contributed by atoms with E-state index in [1.165, 1.54) is 6.07 Å². The highest BCUT2D eigenvalue weighted by Crippen LogP contribution is 2.69. The second-order valence-electron chi connectivity index (χ2n) is 13.5. The minimum Gasteiger partial charge on any atom is -0.458 e. The fraction of sp³-hybridized carbons (Fsp3) is 0.793. The molecule has 0 spiro atoms. The number of rotatable bonds is 5. The SMILES string of the molecule is CC(C)c1oc(=O)cc2c1[C@@H](O[C@H]1OC[C@H](O[C@H]3OC[C@@H](O)[C@@H](O)[C@@H]3O)[C@@H](O)[C@@H]1O)[C@H]1OC(=O)[C@@]3(C)[C@@H](O)[C@H]4O[C@H]4[C@@]2(C)[C@@H]13. The Labute approximate surface area is 251 Å². The van der Waals surface area contributed by atoms with Gasteiger partial charge in [0, 0.05) is 28.9 Å². The molecule has 4 saturated heterocycles. The molecule has 0 radical (unpaired) electrons. The van der Waals surface area contributed by atoms with Crippen LogP contribution in [0, 0.1) is 11.3 Å². The van der Waals surface area contributed by atoms with Crippen molar-refractivity contribution < 1.29 is 68.3 Å². The highest BCUT2D eigenvalue weighted by Gasteiger charge is 2.80. The number of carbonyl (C=O) groups excluding carboxylic acids is 1. The molecule has 1 saturated carbocycles. The summed E-state index contributed by atoms with van der Waals surface area (Å²) in [5, 5.41) is 63.2. The zero-order valence-electron chi connectivity index (χ0n) is 24.5. The zero-order valence-corrected chi connectivity index (χ0v) is 24.5. The molecular formula is C29H38O15. The van der Waals surface area contributed by atoms with Crippen LogP contribution >= 0.6 is 0 Å². The fourth-order valence-corrected chi connectivity index (χ4v) is 8.20. The predicted octanol–water partition coefficient (Wildman–Crippen LogP) is -2.32. The Morgan fingerprint density at radius 3 is 2.23 bits per heavy atom. The molecule has 244 valence electrons. The van der Waals surface area contributed by atoms with E-state index in [4.69, 9.17) is 32.8 Å². The third-order valence-corrected chi connectivity index (χ3v) is 10.5. The van der Waals surface area contributed by atoms with E-state index < -0.39 is 108 Å². The highest BCUT2D eigenvalue weighted by molar-refractivity contribution is 5.82. The Bertz CT molecular complexity index is 1380. The summed E-state index contributed by atoms with van der Waals surface area (Å²) in [4.78, 5) is 26.4. The molecule has 0 bridgehead atoms. The number of fused-ring (bicyclic) bond motifs is 4. The first-order valence-corrected chi connectivity index (χ1v) is 14.9. The molecule has 1 aromatic heterocycles. The van der Waals surface area contributed by atoms with Crippen LogP contribution in [0.1, 0.15) is 56.6 Å². The van der Waals surface area contributed by atoms with Crippen LogP contribution < -0.4 is 5.63 Å². The van der Waals surface area contributed by atoms with E-state index in [1.807, 2.05) is 20.8 Å². The van der Waals surface area contributed by atoms with E-state index in [9.17, 15) is 40.2 Å². The molecule has 2 aliphatic carbocycles. The molecule has 6 N–H and O–H groups in total. The number of hydrogen-bond acceptors (Lipinski definition) is 15. The van der Waals surface area contributed by atoms with Crippen LogP contribution in [-0.4, -0.2) is 123 Å². The van der Waals surface area contributed by atoms with Crippen molar-refractivity contribution in [3.8, 4) is 0 Å². The van der Waals surface area contributed by atoms with Crippen LogP contribution in [0.15, 0.2) is 15.3 Å². The Balaban J connectivity index is 1.22. The maximum Gasteiger partial charge on any atom is 0.336 e. The molecule has 1 aromatic rings.